The van der Waals surface area contributed by atoms with Gasteiger partial charge < -0.3 is 15.3 Å². The van der Waals surface area contributed by atoms with E-state index < -0.39 is 18.2 Å². The van der Waals surface area contributed by atoms with E-state index in [1.54, 1.807) is 12.1 Å². The summed E-state index contributed by atoms with van der Waals surface area (Å²) in [6.45, 7) is 0. The van der Waals surface area contributed by atoms with Crippen LogP contribution < -0.4 is 0 Å². The van der Waals surface area contributed by atoms with Gasteiger partial charge in [-0.1, -0.05) is 54.6 Å². The van der Waals surface area contributed by atoms with Crippen molar-refractivity contribution in [2.24, 2.45) is 0 Å². The van der Waals surface area contributed by atoms with Crippen LogP contribution in [0.15, 0.2) is 54.6 Å². The lowest BCUT2D eigenvalue weighted by molar-refractivity contribution is -0.153. The highest BCUT2D eigenvalue weighted by Gasteiger charge is 2.24. The van der Waals surface area contributed by atoms with E-state index in [4.69, 9.17) is 5.11 Å². The van der Waals surface area contributed by atoms with Crippen molar-refractivity contribution < 1.29 is 20.1 Å². The van der Waals surface area contributed by atoms with E-state index in [-0.39, 0.29) is 0 Å². The predicted molar refractivity (Wildman–Crippen MR) is 74.3 cm³/mol. The minimum atomic E-state index is -1.81. The van der Waals surface area contributed by atoms with Gasteiger partial charge in [0.2, 0.25) is 0 Å². The second-order valence-corrected chi connectivity index (χ2v) is 4.63. The molecule has 0 heterocycles. The van der Waals surface area contributed by atoms with Crippen LogP contribution in [-0.2, 0) is 11.2 Å². The average Bonchev–Trinajstić information content (AvgIpc) is 2.47. The molecule has 2 aromatic carbocycles. The maximum atomic E-state index is 10.6. The lowest BCUT2D eigenvalue weighted by atomic mass is 10.00. The minimum absolute atomic E-state index is 0.386. The van der Waals surface area contributed by atoms with E-state index in [0.717, 1.165) is 12.0 Å². The lowest BCUT2D eigenvalue weighted by Gasteiger charge is -2.14. The van der Waals surface area contributed by atoms with Crippen LogP contribution in [0.5, 0.6) is 0 Å². The summed E-state index contributed by atoms with van der Waals surface area (Å²) in [5.41, 5.74) is 2.61. The zero-order chi connectivity index (χ0) is 14.5. The number of aliphatic hydroxyl groups is 2. The SMILES string of the molecule is O=C(O)C(O)C(O)c1ccc(Cc2ccccc2)cc1. The molecule has 0 radical (unpaired) electrons. The second kappa shape index (κ2) is 6.32. The van der Waals surface area contributed by atoms with Crippen molar-refractivity contribution in [3.05, 3.63) is 71.3 Å². The van der Waals surface area contributed by atoms with Crippen molar-refractivity contribution in [1.82, 2.24) is 0 Å². The molecule has 0 aliphatic rings. The highest BCUT2D eigenvalue weighted by atomic mass is 16.4. The van der Waals surface area contributed by atoms with Crippen LogP contribution in [0.4, 0.5) is 0 Å². The van der Waals surface area contributed by atoms with Crippen LogP contribution in [0.2, 0.25) is 0 Å². The van der Waals surface area contributed by atoms with E-state index in [1.807, 2.05) is 42.5 Å². The maximum Gasteiger partial charge on any atom is 0.335 e. The molecule has 0 aliphatic heterocycles. The molecule has 0 saturated carbocycles. The standard InChI is InChI=1S/C16H16O4/c17-14(15(18)16(19)20)13-8-6-12(7-9-13)10-11-4-2-1-3-5-11/h1-9,14-15,17-18H,10H2,(H,19,20). The number of aliphatic carboxylic acids is 1. The Morgan fingerprint density at radius 1 is 0.900 bits per heavy atom. The molecule has 0 fully saturated rings. The first kappa shape index (κ1) is 14.2. The highest BCUT2D eigenvalue weighted by molar-refractivity contribution is 5.73. The van der Waals surface area contributed by atoms with Gasteiger partial charge in [0.05, 0.1) is 0 Å². The molecule has 0 aromatic heterocycles. The zero-order valence-corrected chi connectivity index (χ0v) is 10.8. The molecule has 2 rings (SSSR count). The largest absolute Gasteiger partial charge is 0.479 e. The fourth-order valence-electron chi connectivity index (χ4n) is 1.98. The van der Waals surface area contributed by atoms with E-state index in [9.17, 15) is 15.0 Å². The molecule has 0 aliphatic carbocycles. The van der Waals surface area contributed by atoms with Crippen LogP contribution in [0.3, 0.4) is 0 Å². The van der Waals surface area contributed by atoms with Gasteiger partial charge in [-0.05, 0) is 23.1 Å². The molecule has 0 spiro atoms. The fourth-order valence-corrected chi connectivity index (χ4v) is 1.98. The van der Waals surface area contributed by atoms with Gasteiger partial charge in [0.25, 0.3) is 0 Å². The number of aliphatic hydroxyl groups excluding tert-OH is 2. The van der Waals surface area contributed by atoms with E-state index >= 15 is 0 Å². The van der Waals surface area contributed by atoms with Crippen LogP contribution in [0, 0.1) is 0 Å². The highest BCUT2D eigenvalue weighted by Crippen LogP contribution is 2.19. The molecule has 2 aromatic rings. The maximum absolute atomic E-state index is 10.6. The normalized spacial score (nSPS) is 13.7. The predicted octanol–water partition coefficient (Wildman–Crippen LogP) is 1.76. The van der Waals surface area contributed by atoms with Crippen molar-refractivity contribution in [3.63, 3.8) is 0 Å². The molecule has 3 N–H and O–H groups in total. The number of carbonyl (C=O) groups is 1. The summed E-state index contributed by atoms with van der Waals surface area (Å²) in [6, 6.07) is 16.8. The summed E-state index contributed by atoms with van der Waals surface area (Å²) >= 11 is 0. The quantitative estimate of drug-likeness (QED) is 0.775. The van der Waals surface area contributed by atoms with E-state index in [0.29, 0.717) is 5.56 Å². The van der Waals surface area contributed by atoms with Crippen molar-refractivity contribution in [3.8, 4) is 0 Å². The molecule has 20 heavy (non-hydrogen) atoms. The molecule has 2 unspecified atom stereocenters. The summed E-state index contributed by atoms with van der Waals surface area (Å²) < 4.78 is 0. The van der Waals surface area contributed by atoms with Gasteiger partial charge in [-0.2, -0.15) is 0 Å². The van der Waals surface area contributed by atoms with Crippen LogP contribution >= 0.6 is 0 Å². The van der Waals surface area contributed by atoms with Crippen molar-refractivity contribution in [2.75, 3.05) is 0 Å². The monoisotopic (exact) mass is 272 g/mol. The van der Waals surface area contributed by atoms with E-state index in [1.165, 1.54) is 5.56 Å². The molecular formula is C16H16O4. The molecular weight excluding hydrogens is 256 g/mol. The number of rotatable bonds is 5. The number of carboxylic acids is 1. The molecule has 104 valence electrons. The van der Waals surface area contributed by atoms with Gasteiger partial charge in [-0.3, -0.25) is 0 Å². The van der Waals surface area contributed by atoms with Crippen molar-refractivity contribution in [2.45, 2.75) is 18.6 Å². The van der Waals surface area contributed by atoms with Gasteiger partial charge in [0.1, 0.15) is 6.10 Å². The Morgan fingerprint density at radius 3 is 2.00 bits per heavy atom. The summed E-state index contributed by atoms with van der Waals surface area (Å²) in [7, 11) is 0. The Bertz CT molecular complexity index is 563. The second-order valence-electron chi connectivity index (χ2n) is 4.63. The average molecular weight is 272 g/mol. The number of hydrogen-bond donors (Lipinski definition) is 3. The molecule has 0 bridgehead atoms. The molecule has 4 nitrogen and oxygen atoms in total. The topological polar surface area (TPSA) is 77.8 Å². The smallest absolute Gasteiger partial charge is 0.335 e. The van der Waals surface area contributed by atoms with Gasteiger partial charge in [0.15, 0.2) is 6.10 Å². The summed E-state index contributed by atoms with van der Waals surface area (Å²) in [4.78, 5) is 10.6. The van der Waals surface area contributed by atoms with Gasteiger partial charge >= 0.3 is 5.97 Å². The summed E-state index contributed by atoms with van der Waals surface area (Å²) in [5.74, 6) is -1.44. The third-order valence-corrected chi connectivity index (χ3v) is 3.12. The molecule has 2 atom stereocenters. The minimum Gasteiger partial charge on any atom is -0.479 e. The van der Waals surface area contributed by atoms with Gasteiger partial charge in [-0.25, -0.2) is 4.79 Å². The number of hydrogen-bond acceptors (Lipinski definition) is 3. The Morgan fingerprint density at radius 2 is 1.45 bits per heavy atom. The van der Waals surface area contributed by atoms with Crippen LogP contribution in [0.25, 0.3) is 0 Å². The van der Waals surface area contributed by atoms with E-state index in [2.05, 4.69) is 0 Å². The number of carboxylic acid groups (broad SMARTS) is 1. The third-order valence-electron chi connectivity index (χ3n) is 3.12. The molecule has 0 saturated heterocycles. The first-order valence-corrected chi connectivity index (χ1v) is 6.29. The molecule has 0 amide bonds. The Labute approximate surface area is 116 Å². The van der Waals surface area contributed by atoms with Gasteiger partial charge in [-0.15, -0.1) is 0 Å². The first-order chi connectivity index (χ1) is 9.58. The first-order valence-electron chi connectivity index (χ1n) is 6.29. The van der Waals surface area contributed by atoms with Crippen LogP contribution in [-0.4, -0.2) is 27.4 Å². The Hall–Kier alpha value is -2.17. The van der Waals surface area contributed by atoms with Crippen molar-refractivity contribution >= 4 is 5.97 Å². The lowest BCUT2D eigenvalue weighted by Crippen LogP contribution is -2.27. The Balaban J connectivity index is 2.08. The van der Waals surface area contributed by atoms with Crippen molar-refractivity contribution in [1.29, 1.82) is 0 Å². The van der Waals surface area contributed by atoms with Gasteiger partial charge in [0, 0.05) is 0 Å². The molecule has 4 heteroatoms. The zero-order valence-electron chi connectivity index (χ0n) is 10.8. The third kappa shape index (κ3) is 3.44. The number of benzene rings is 2. The van der Waals surface area contributed by atoms with Crippen LogP contribution in [0.1, 0.15) is 22.8 Å². The fraction of sp³-hybridized carbons (Fsp3) is 0.188. The summed E-state index contributed by atoms with van der Waals surface area (Å²) in [6.07, 6.45) is -2.47. The Kier molecular flexibility index (Phi) is 4.50. The summed E-state index contributed by atoms with van der Waals surface area (Å²) in [5, 5.41) is 27.7.